The molecule has 3 aliphatic heterocycles. The fourth-order valence-corrected chi connectivity index (χ4v) is 5.74. The number of carbonyl (C=O) groups is 2. The number of amides is 1. The van der Waals surface area contributed by atoms with E-state index in [4.69, 9.17) is 16.3 Å². The second-order valence-electron chi connectivity index (χ2n) is 9.32. The van der Waals surface area contributed by atoms with Crippen LogP contribution in [0.25, 0.3) is 0 Å². The lowest BCUT2D eigenvalue weighted by molar-refractivity contribution is 0.0432. The van der Waals surface area contributed by atoms with Gasteiger partial charge in [0.15, 0.2) is 11.5 Å². The number of benzene rings is 1. The van der Waals surface area contributed by atoms with Crippen LogP contribution in [-0.4, -0.2) is 83.1 Å². The number of rotatable bonds is 4. The Morgan fingerprint density at radius 1 is 1.12 bits per heavy atom. The number of piperidine rings is 1. The maximum Gasteiger partial charge on any atom is 0.358 e. The first-order valence-electron chi connectivity index (χ1n) is 12.0. The standard InChI is InChI=1S/C25H30ClN5O3/c1-3-18-14-31-20(12-21-23(31)27-13-22(28-21)25(33)34-2)15-30(18)19-8-10-29(11-9-19)24(32)16-4-6-17(26)7-5-16/h4-7,13,18-20H,3,8-12,14-15H2,1-2H3/t18-,20+/m0/s1. The van der Waals surface area contributed by atoms with Crippen LogP contribution < -0.4 is 4.90 Å². The molecule has 9 heteroatoms. The third-order valence-electron chi connectivity index (χ3n) is 7.44. The second kappa shape index (κ2) is 9.50. The summed E-state index contributed by atoms with van der Waals surface area (Å²) in [5.41, 5.74) is 1.84. The summed E-state index contributed by atoms with van der Waals surface area (Å²) in [5, 5.41) is 0.640. The second-order valence-corrected chi connectivity index (χ2v) is 9.75. The van der Waals surface area contributed by atoms with Crippen LogP contribution in [0.1, 0.15) is 52.7 Å². The summed E-state index contributed by atoms with van der Waals surface area (Å²) in [6, 6.07) is 8.32. The minimum absolute atomic E-state index is 0.0804. The molecule has 0 bridgehead atoms. The number of carbonyl (C=O) groups excluding carboxylic acids is 2. The number of hydrogen-bond donors (Lipinski definition) is 0. The third kappa shape index (κ3) is 4.25. The maximum absolute atomic E-state index is 12.9. The fraction of sp³-hybridized carbons (Fsp3) is 0.520. The number of anilines is 1. The van der Waals surface area contributed by atoms with E-state index in [2.05, 4.69) is 26.7 Å². The molecule has 3 aliphatic rings. The van der Waals surface area contributed by atoms with Crippen molar-refractivity contribution in [1.82, 2.24) is 19.8 Å². The van der Waals surface area contributed by atoms with Gasteiger partial charge in [-0.3, -0.25) is 9.69 Å². The first-order chi connectivity index (χ1) is 16.5. The molecule has 2 aromatic rings. The monoisotopic (exact) mass is 483 g/mol. The van der Waals surface area contributed by atoms with Crippen molar-refractivity contribution in [2.45, 2.75) is 50.7 Å². The van der Waals surface area contributed by atoms with E-state index < -0.39 is 5.97 Å². The van der Waals surface area contributed by atoms with Crippen LogP contribution >= 0.6 is 11.6 Å². The normalized spacial score (nSPS) is 22.9. The molecule has 2 saturated heterocycles. The highest BCUT2D eigenvalue weighted by molar-refractivity contribution is 6.30. The van der Waals surface area contributed by atoms with Gasteiger partial charge in [-0.15, -0.1) is 0 Å². The molecule has 0 unspecified atom stereocenters. The number of ether oxygens (including phenoxy) is 1. The summed E-state index contributed by atoms with van der Waals surface area (Å²) >= 11 is 5.97. The van der Waals surface area contributed by atoms with Gasteiger partial charge in [0.25, 0.3) is 5.91 Å². The molecule has 5 rings (SSSR count). The van der Waals surface area contributed by atoms with Crippen molar-refractivity contribution >= 4 is 29.3 Å². The predicted octanol–water partition coefficient (Wildman–Crippen LogP) is 3.05. The molecule has 0 spiro atoms. The highest BCUT2D eigenvalue weighted by Crippen LogP contribution is 2.35. The zero-order valence-corrected chi connectivity index (χ0v) is 20.4. The van der Waals surface area contributed by atoms with Gasteiger partial charge in [-0.05, 0) is 43.5 Å². The molecule has 0 saturated carbocycles. The Bertz CT molecular complexity index is 1070. The summed E-state index contributed by atoms with van der Waals surface area (Å²) in [5.74, 6) is 0.532. The molecule has 8 nitrogen and oxygen atoms in total. The van der Waals surface area contributed by atoms with Gasteiger partial charge < -0.3 is 14.5 Å². The van der Waals surface area contributed by atoms with Crippen molar-refractivity contribution in [1.29, 1.82) is 0 Å². The molecule has 1 amide bonds. The highest BCUT2D eigenvalue weighted by Gasteiger charge is 2.42. The van der Waals surface area contributed by atoms with E-state index in [-0.39, 0.29) is 11.6 Å². The number of aromatic nitrogens is 2. The summed E-state index contributed by atoms with van der Waals surface area (Å²) in [4.78, 5) is 40.9. The van der Waals surface area contributed by atoms with E-state index in [1.165, 1.54) is 13.3 Å². The Morgan fingerprint density at radius 3 is 2.53 bits per heavy atom. The Kier molecular flexibility index (Phi) is 6.44. The topological polar surface area (TPSA) is 78.9 Å². The number of hydrogen-bond acceptors (Lipinski definition) is 7. The van der Waals surface area contributed by atoms with Crippen molar-refractivity contribution in [3.8, 4) is 0 Å². The molecule has 4 heterocycles. The van der Waals surface area contributed by atoms with Crippen LogP contribution in [0.15, 0.2) is 30.5 Å². The predicted molar refractivity (Wildman–Crippen MR) is 129 cm³/mol. The van der Waals surface area contributed by atoms with Gasteiger partial charge in [0, 0.05) is 61.3 Å². The minimum atomic E-state index is -0.451. The van der Waals surface area contributed by atoms with Gasteiger partial charge in [-0.1, -0.05) is 18.5 Å². The van der Waals surface area contributed by atoms with Crippen molar-refractivity contribution in [3.05, 3.63) is 52.4 Å². The first kappa shape index (κ1) is 23.1. The molecule has 1 aromatic heterocycles. The number of nitrogens with zero attached hydrogens (tertiary/aromatic N) is 5. The summed E-state index contributed by atoms with van der Waals surface area (Å²) in [6.45, 7) is 5.61. The van der Waals surface area contributed by atoms with E-state index in [1.54, 1.807) is 24.3 Å². The van der Waals surface area contributed by atoms with Crippen molar-refractivity contribution < 1.29 is 14.3 Å². The number of halogens is 1. The van der Waals surface area contributed by atoms with Gasteiger partial charge in [-0.25, -0.2) is 14.8 Å². The number of esters is 1. The van der Waals surface area contributed by atoms with Crippen molar-refractivity contribution in [3.63, 3.8) is 0 Å². The lowest BCUT2D eigenvalue weighted by Gasteiger charge is -2.49. The Balaban J connectivity index is 1.25. The number of methoxy groups -OCH3 is 1. The van der Waals surface area contributed by atoms with Crippen molar-refractivity contribution in [2.24, 2.45) is 0 Å². The molecule has 2 atom stereocenters. The molecular formula is C25H30ClN5O3. The lowest BCUT2D eigenvalue weighted by atomic mass is 9.96. The highest BCUT2D eigenvalue weighted by atomic mass is 35.5. The molecule has 180 valence electrons. The Morgan fingerprint density at radius 2 is 1.85 bits per heavy atom. The average Bonchev–Trinajstić information content (AvgIpc) is 3.24. The van der Waals surface area contributed by atoms with Crippen LogP contribution in [0.3, 0.4) is 0 Å². The summed E-state index contributed by atoms with van der Waals surface area (Å²) < 4.78 is 4.81. The minimum Gasteiger partial charge on any atom is -0.464 e. The van der Waals surface area contributed by atoms with Gasteiger partial charge in [0.1, 0.15) is 0 Å². The van der Waals surface area contributed by atoms with Crippen LogP contribution in [0.2, 0.25) is 5.02 Å². The van der Waals surface area contributed by atoms with Gasteiger partial charge in [-0.2, -0.15) is 0 Å². The molecule has 0 N–H and O–H groups in total. The fourth-order valence-electron chi connectivity index (χ4n) is 5.62. The lowest BCUT2D eigenvalue weighted by Crippen LogP contribution is -2.61. The summed E-state index contributed by atoms with van der Waals surface area (Å²) in [7, 11) is 1.36. The van der Waals surface area contributed by atoms with Crippen LogP contribution in [0.5, 0.6) is 0 Å². The molecule has 34 heavy (non-hydrogen) atoms. The van der Waals surface area contributed by atoms with Gasteiger partial charge in [0.05, 0.1) is 19.0 Å². The summed E-state index contributed by atoms with van der Waals surface area (Å²) in [6.07, 6.45) is 5.30. The molecular weight excluding hydrogens is 454 g/mol. The number of piperazine rings is 1. The Hall–Kier alpha value is -2.71. The number of fused-ring (bicyclic) bond motifs is 3. The third-order valence-corrected chi connectivity index (χ3v) is 7.69. The van der Waals surface area contributed by atoms with E-state index in [9.17, 15) is 9.59 Å². The Labute approximate surface area is 204 Å². The SMILES string of the molecule is CC[C@H]1CN2c3ncc(C(=O)OC)nc3C[C@@H]2CN1C1CCN(C(=O)c2ccc(Cl)cc2)CC1. The van der Waals surface area contributed by atoms with Crippen LogP contribution in [-0.2, 0) is 11.2 Å². The molecule has 1 aromatic carbocycles. The van der Waals surface area contributed by atoms with E-state index >= 15 is 0 Å². The largest absolute Gasteiger partial charge is 0.464 e. The van der Waals surface area contributed by atoms with Gasteiger partial charge >= 0.3 is 5.97 Å². The average molecular weight is 484 g/mol. The molecule has 0 radical (unpaired) electrons. The quantitative estimate of drug-likeness (QED) is 0.618. The molecule has 2 fully saturated rings. The van der Waals surface area contributed by atoms with Crippen molar-refractivity contribution in [2.75, 3.05) is 38.2 Å². The first-order valence-corrected chi connectivity index (χ1v) is 12.4. The van der Waals surface area contributed by atoms with Crippen LogP contribution in [0.4, 0.5) is 5.82 Å². The zero-order chi connectivity index (χ0) is 23.8. The molecule has 0 aliphatic carbocycles. The maximum atomic E-state index is 12.9. The zero-order valence-electron chi connectivity index (χ0n) is 19.6. The van der Waals surface area contributed by atoms with Gasteiger partial charge in [0.2, 0.25) is 0 Å². The van der Waals surface area contributed by atoms with E-state index in [0.717, 1.165) is 63.4 Å². The number of likely N-dealkylation sites (tertiary alicyclic amines) is 1. The van der Waals surface area contributed by atoms with E-state index in [1.807, 2.05) is 4.90 Å². The van der Waals surface area contributed by atoms with E-state index in [0.29, 0.717) is 28.7 Å². The van der Waals surface area contributed by atoms with Crippen LogP contribution in [0, 0.1) is 0 Å². The smallest absolute Gasteiger partial charge is 0.358 e.